The van der Waals surface area contributed by atoms with E-state index >= 15 is 0 Å². The van der Waals surface area contributed by atoms with Crippen molar-refractivity contribution < 1.29 is 70.1 Å². The van der Waals surface area contributed by atoms with Crippen LogP contribution in [0.4, 0.5) is 0 Å². The van der Waals surface area contributed by atoms with Crippen molar-refractivity contribution in [2.24, 2.45) is 0 Å². The van der Waals surface area contributed by atoms with Crippen molar-refractivity contribution in [1.82, 2.24) is 19.9 Å². The molecule has 0 saturated heterocycles. The minimum Gasteiger partial charge on any atom is -0.744 e. The van der Waals surface area contributed by atoms with E-state index in [1.165, 1.54) is 48.5 Å². The Hall–Kier alpha value is -7.39. The van der Waals surface area contributed by atoms with Gasteiger partial charge in [-0.3, -0.25) is 0 Å². The Bertz CT molecular complexity index is 3420. The van der Waals surface area contributed by atoms with Gasteiger partial charge in [0.15, 0.2) is 0 Å². The predicted octanol–water partition coefficient (Wildman–Crippen LogP) is 6.50. The van der Waals surface area contributed by atoms with Crippen LogP contribution in [0.15, 0.2) is 141 Å². The van der Waals surface area contributed by atoms with Crippen molar-refractivity contribution in [3.8, 4) is 44.5 Å². The second kappa shape index (κ2) is 19.7. The van der Waals surface area contributed by atoms with Crippen LogP contribution < -0.4 is 9.97 Å². The summed E-state index contributed by atoms with van der Waals surface area (Å²) in [7, 11) is -19.3. The van der Waals surface area contributed by atoms with E-state index in [0.29, 0.717) is 89.4 Å². The van der Waals surface area contributed by atoms with E-state index in [0.717, 1.165) is 48.5 Å². The van der Waals surface area contributed by atoms with Crippen molar-refractivity contribution in [3.63, 3.8) is 0 Å². The third-order valence-corrected chi connectivity index (χ3v) is 13.7. The van der Waals surface area contributed by atoms with Crippen LogP contribution in [0.25, 0.3) is 90.9 Å². The van der Waals surface area contributed by atoms with Gasteiger partial charge in [0.1, 0.15) is 40.5 Å². The van der Waals surface area contributed by atoms with Gasteiger partial charge in [0, 0.05) is 0 Å². The Balaban J connectivity index is 0.00000148. The predicted molar refractivity (Wildman–Crippen MR) is 241 cm³/mol. The van der Waals surface area contributed by atoms with Crippen LogP contribution >= 0.6 is 0 Å². The molecule has 2 aliphatic heterocycles. The van der Waals surface area contributed by atoms with Crippen LogP contribution in [0.1, 0.15) is 24.2 Å². The average Bonchev–Trinajstić information content (AvgIpc) is 4.16. The number of rotatable bonds is 8. The monoisotopic (exact) mass is 1040 g/mol. The van der Waals surface area contributed by atoms with Crippen LogP contribution in [0.2, 0.25) is 0 Å². The summed E-state index contributed by atoms with van der Waals surface area (Å²) in [5.74, 6) is 0. The van der Waals surface area contributed by atoms with E-state index in [2.05, 4.69) is 0 Å². The molecular formula is C46H25CoN6O12S4-4. The molecule has 348 valence electrons. The van der Waals surface area contributed by atoms with Crippen LogP contribution in [0.3, 0.4) is 0 Å². The summed E-state index contributed by atoms with van der Waals surface area (Å²) in [6, 6.07) is 27.2. The SMILES string of the molecule is O=S(=O)([O-])c1ccc(-c2c3nc(c(-c4ccc(S(=O)(=O)[O-])cc4)c4ccc([n-]4)c(-c4ccc(S(=O)(=O)[O-])cc4)c4nc(c(-c5ccc(S(=O)(=O)[O-])cc5)c5ccc2[n-]5)C=C4)C=C3)cc1.[C-]#N.[C-]#N.[Co+3].[H+]. The first-order valence-electron chi connectivity index (χ1n) is 19.0. The maximum absolute atomic E-state index is 11.9. The second-order valence-electron chi connectivity index (χ2n) is 14.3. The summed E-state index contributed by atoms with van der Waals surface area (Å²) in [6.07, 6.45) is 6.65. The van der Waals surface area contributed by atoms with Crippen molar-refractivity contribution in [3.05, 3.63) is 157 Å². The van der Waals surface area contributed by atoms with Gasteiger partial charge in [0.2, 0.25) is 0 Å². The molecule has 0 saturated carbocycles. The van der Waals surface area contributed by atoms with E-state index in [4.69, 9.17) is 43.6 Å². The van der Waals surface area contributed by atoms with Crippen molar-refractivity contribution in [2.75, 3.05) is 0 Å². The Morgan fingerprint density at radius 2 is 0.522 bits per heavy atom. The minimum absolute atomic E-state index is 0. The fourth-order valence-corrected chi connectivity index (χ4v) is 9.30. The van der Waals surface area contributed by atoms with Crippen LogP contribution in [0.5, 0.6) is 0 Å². The molecule has 0 unspecified atom stereocenters. The molecular weight excluding hydrogens is 1020 g/mol. The summed E-state index contributed by atoms with van der Waals surface area (Å²) in [5.41, 5.74) is 5.63. The van der Waals surface area contributed by atoms with Gasteiger partial charge < -0.3 is 51.8 Å². The van der Waals surface area contributed by atoms with Gasteiger partial charge >= 0.3 is 18.2 Å². The molecule has 0 amide bonds. The molecule has 2 aliphatic rings. The third kappa shape index (κ3) is 10.5. The summed E-state index contributed by atoms with van der Waals surface area (Å²) >= 11 is 0. The van der Waals surface area contributed by atoms with Gasteiger partial charge in [-0.15, -0.1) is 22.1 Å². The molecule has 4 aromatic carbocycles. The van der Waals surface area contributed by atoms with E-state index in [1.54, 1.807) is 48.6 Å². The molecule has 0 aliphatic carbocycles. The fourth-order valence-electron chi connectivity index (χ4n) is 7.42. The molecule has 18 nitrogen and oxygen atoms in total. The van der Waals surface area contributed by atoms with E-state index < -0.39 is 60.1 Å². The quantitative estimate of drug-likeness (QED) is 0.116. The summed E-state index contributed by atoms with van der Waals surface area (Å²) in [6.45, 7) is 9.50. The number of nitrogens with zero attached hydrogens (tertiary/aromatic N) is 6. The summed E-state index contributed by atoms with van der Waals surface area (Å²) in [4.78, 5) is 18.0. The third-order valence-electron chi connectivity index (χ3n) is 10.3. The van der Waals surface area contributed by atoms with Crippen molar-refractivity contribution in [1.29, 1.82) is 10.5 Å². The van der Waals surface area contributed by atoms with Gasteiger partial charge in [-0.2, -0.15) is 0 Å². The maximum atomic E-state index is 11.9. The second-order valence-corrected chi connectivity index (χ2v) is 19.8. The Morgan fingerprint density at radius 3 is 0.681 bits per heavy atom. The minimum atomic E-state index is -4.82. The van der Waals surface area contributed by atoms with Gasteiger partial charge in [-0.25, -0.2) is 43.6 Å². The molecule has 69 heavy (non-hydrogen) atoms. The van der Waals surface area contributed by atoms with Crippen LogP contribution in [-0.2, 0) is 57.3 Å². The zero-order chi connectivity index (χ0) is 49.3. The Labute approximate surface area is 406 Å². The summed E-state index contributed by atoms with van der Waals surface area (Å²) in [5, 5.41) is 12.5. The maximum Gasteiger partial charge on any atom is 3.00 e. The average molecular weight is 1040 g/mol. The molecule has 0 spiro atoms. The van der Waals surface area contributed by atoms with E-state index in [9.17, 15) is 51.9 Å². The van der Waals surface area contributed by atoms with Gasteiger partial charge in [0.05, 0.1) is 42.4 Å². The Kier molecular flexibility index (Phi) is 14.5. The number of benzene rings is 4. The molecule has 5 heterocycles. The molecule has 9 rings (SSSR count). The molecule has 0 fully saturated rings. The van der Waals surface area contributed by atoms with E-state index in [-0.39, 0.29) is 18.2 Å². The zero-order valence-electron chi connectivity index (χ0n) is 35.4. The standard InChI is InChI=1S/C44H28N4O12S4.2CN.Co/c49-61(50,51)29-9-1-25(2-10-29)41-33-17-19-35(45-33)42(26-3-11-30(12-4-26)62(52,53)54)37-21-23-39(47-37)44(28-7-15-32(16-8-28)64(58,59)60)40-24-22-38(48-40)43(36-20-18-34(41)46-36)27-5-13-31(14-6-27)63(55,56)57;2*1-2;/h1-24H,(H,49,50,51)(H,52,53,54)(H,55,56,57)(H,58,59,60);;;/q-2;2*-1;+3/p-3. The number of hydrogen-bond acceptors (Lipinski definition) is 16. The molecule has 0 radical (unpaired) electrons. The molecule has 7 aromatic rings. The molecule has 0 N–H and O–H groups in total. The van der Waals surface area contributed by atoms with Crippen LogP contribution in [-0.4, -0.2) is 61.9 Å². The van der Waals surface area contributed by atoms with Crippen molar-refractivity contribution in [2.45, 2.75) is 19.6 Å². The number of aromatic nitrogens is 4. The van der Waals surface area contributed by atoms with E-state index in [1.807, 2.05) is 0 Å². The first-order valence-corrected chi connectivity index (χ1v) is 24.6. The normalized spacial score (nSPS) is 12.2. The zero-order valence-corrected chi connectivity index (χ0v) is 38.7. The fraction of sp³-hybridized carbons (Fsp3) is 0. The molecule has 0 atom stereocenters. The Morgan fingerprint density at radius 1 is 0.348 bits per heavy atom. The van der Waals surface area contributed by atoms with Gasteiger partial charge in [-0.05, 0) is 117 Å². The summed E-state index contributed by atoms with van der Waals surface area (Å²) < 4.78 is 143. The number of fused-ring (bicyclic) bond motifs is 8. The van der Waals surface area contributed by atoms with Crippen LogP contribution in [0, 0.1) is 23.7 Å². The van der Waals surface area contributed by atoms with Gasteiger partial charge in [0.25, 0.3) is 0 Å². The number of hydrogen-bond donors (Lipinski definition) is 0. The first-order chi connectivity index (χ1) is 32.2. The van der Waals surface area contributed by atoms with Crippen molar-refractivity contribution >= 4 is 86.8 Å². The molecule has 8 bridgehead atoms. The van der Waals surface area contributed by atoms with Gasteiger partial charge in [-0.1, -0.05) is 72.8 Å². The first kappa shape index (κ1) is 51.0. The topological polar surface area (TPSA) is 330 Å². The molecule has 23 heteroatoms. The smallest absolute Gasteiger partial charge is 0.744 e. The molecule has 3 aromatic heterocycles. The largest absolute Gasteiger partial charge is 3.00 e.